The average Bonchev–Trinajstić information content (AvgIpc) is 2.34. The largest absolute Gasteiger partial charge is 0.369 e. The van der Waals surface area contributed by atoms with Crippen LogP contribution in [0, 0.1) is 17.8 Å². The van der Waals surface area contributed by atoms with E-state index in [0.29, 0.717) is 0 Å². The zero-order valence-electron chi connectivity index (χ0n) is 13.1. The van der Waals surface area contributed by atoms with Crippen molar-refractivity contribution >= 4 is 11.8 Å². The van der Waals surface area contributed by atoms with Crippen LogP contribution < -0.4 is 11.1 Å². The van der Waals surface area contributed by atoms with Crippen molar-refractivity contribution in [3.63, 3.8) is 0 Å². The molecule has 4 rings (SSSR count). The molecule has 0 saturated heterocycles. The van der Waals surface area contributed by atoms with Crippen molar-refractivity contribution in [3.8, 4) is 0 Å². The zero-order valence-corrected chi connectivity index (χ0v) is 13.1. The molecule has 1 unspecified atom stereocenters. The molecule has 1 atom stereocenters. The summed E-state index contributed by atoms with van der Waals surface area (Å²) in [6.07, 6.45) is 7.55. The van der Waals surface area contributed by atoms with Gasteiger partial charge >= 0.3 is 0 Å². The number of nitrogens with two attached hydrogens (primary N) is 1. The summed E-state index contributed by atoms with van der Waals surface area (Å²) in [5.74, 6) is 2.09. The fourth-order valence-electron chi connectivity index (χ4n) is 5.21. The number of likely N-dealkylation sites (N-methyl/N-ethyl adjacent to an activating group) is 1. The highest BCUT2D eigenvalue weighted by atomic mass is 16.2. The number of amides is 2. The van der Waals surface area contributed by atoms with Gasteiger partial charge in [-0.25, -0.2) is 0 Å². The maximum atomic E-state index is 12.5. The van der Waals surface area contributed by atoms with E-state index in [2.05, 4.69) is 5.32 Å². The molecule has 118 valence electrons. The number of primary amides is 1. The molecule has 4 saturated carbocycles. The molecule has 0 aromatic heterocycles. The van der Waals surface area contributed by atoms with Gasteiger partial charge in [0.15, 0.2) is 0 Å². The van der Waals surface area contributed by atoms with E-state index in [9.17, 15) is 9.59 Å². The Balaban J connectivity index is 1.63. The van der Waals surface area contributed by atoms with Crippen LogP contribution in [-0.2, 0) is 9.59 Å². The highest BCUT2D eigenvalue weighted by Crippen LogP contribution is 2.55. The lowest BCUT2D eigenvalue weighted by Crippen LogP contribution is -2.62. The summed E-state index contributed by atoms with van der Waals surface area (Å²) < 4.78 is 0. The minimum absolute atomic E-state index is 0.0354. The summed E-state index contributed by atoms with van der Waals surface area (Å²) in [6, 6.07) is -0.314. The van der Waals surface area contributed by atoms with Gasteiger partial charge in [-0.3, -0.25) is 14.5 Å². The molecule has 0 aromatic rings. The first-order valence-electron chi connectivity index (χ1n) is 8.17. The number of rotatable bonds is 5. The number of carbonyl (C=O) groups excluding carboxylic acids is 2. The molecular weight excluding hydrogens is 266 g/mol. The van der Waals surface area contributed by atoms with Crippen molar-refractivity contribution in [2.45, 2.75) is 57.0 Å². The molecule has 5 nitrogen and oxygen atoms in total. The SMILES string of the molecule is CC(C(=O)NC12CC3CC(CC(C3)C1)C2)N(C)CC(N)=O. The quantitative estimate of drug-likeness (QED) is 0.790. The molecule has 0 heterocycles. The predicted octanol–water partition coefficient (Wildman–Crippen LogP) is 0.877. The standard InChI is InChI=1S/C16H27N3O2/c1-10(19(2)9-14(17)20)15(21)18-16-6-11-3-12(7-16)5-13(4-11)8-16/h10-13H,3-9H2,1-2H3,(H2,17,20)(H,18,21). The van der Waals surface area contributed by atoms with Crippen LogP contribution in [0.1, 0.15) is 45.4 Å². The van der Waals surface area contributed by atoms with Gasteiger partial charge in [0.05, 0.1) is 12.6 Å². The van der Waals surface area contributed by atoms with Crippen LogP contribution in [-0.4, -0.2) is 41.9 Å². The molecular formula is C16H27N3O2. The number of hydrogen-bond donors (Lipinski definition) is 2. The molecule has 2 amide bonds. The summed E-state index contributed by atoms with van der Waals surface area (Å²) in [5.41, 5.74) is 5.24. The number of nitrogens with one attached hydrogen (secondary N) is 1. The predicted molar refractivity (Wildman–Crippen MR) is 80.3 cm³/mol. The normalized spacial score (nSPS) is 38.5. The van der Waals surface area contributed by atoms with Gasteiger partial charge in [0, 0.05) is 5.54 Å². The van der Waals surface area contributed by atoms with Crippen molar-refractivity contribution in [2.24, 2.45) is 23.5 Å². The second-order valence-electron chi connectivity index (χ2n) is 7.74. The van der Waals surface area contributed by atoms with Gasteiger partial charge in [-0.2, -0.15) is 0 Å². The average molecular weight is 293 g/mol. The fourth-order valence-corrected chi connectivity index (χ4v) is 5.21. The van der Waals surface area contributed by atoms with Crippen molar-refractivity contribution in [3.05, 3.63) is 0 Å². The molecule has 4 aliphatic rings. The smallest absolute Gasteiger partial charge is 0.237 e. The summed E-state index contributed by atoms with van der Waals surface area (Å²) >= 11 is 0. The molecule has 0 aromatic carbocycles. The molecule has 4 aliphatic carbocycles. The molecule has 5 heteroatoms. The molecule has 0 aliphatic heterocycles. The second-order valence-corrected chi connectivity index (χ2v) is 7.74. The van der Waals surface area contributed by atoms with Crippen LogP contribution in [0.2, 0.25) is 0 Å². The Morgan fingerprint density at radius 3 is 2.10 bits per heavy atom. The zero-order chi connectivity index (χ0) is 15.2. The lowest BCUT2D eigenvalue weighted by Gasteiger charge is -2.57. The van der Waals surface area contributed by atoms with Crippen molar-refractivity contribution in [1.82, 2.24) is 10.2 Å². The Bertz CT molecular complexity index is 414. The second kappa shape index (κ2) is 5.27. The highest BCUT2D eigenvalue weighted by Gasteiger charge is 2.51. The lowest BCUT2D eigenvalue weighted by atomic mass is 9.53. The third-order valence-corrected chi connectivity index (χ3v) is 5.87. The van der Waals surface area contributed by atoms with E-state index in [-0.39, 0.29) is 24.0 Å². The molecule has 3 N–H and O–H groups in total. The fraction of sp³-hybridized carbons (Fsp3) is 0.875. The van der Waals surface area contributed by atoms with Crippen molar-refractivity contribution in [1.29, 1.82) is 0 Å². The summed E-state index contributed by atoms with van der Waals surface area (Å²) in [4.78, 5) is 25.3. The number of carbonyl (C=O) groups is 2. The van der Waals surface area contributed by atoms with E-state index in [1.165, 1.54) is 19.3 Å². The molecule has 4 fully saturated rings. The van der Waals surface area contributed by atoms with Crippen LogP contribution in [0.15, 0.2) is 0 Å². The Morgan fingerprint density at radius 2 is 1.67 bits per heavy atom. The Morgan fingerprint density at radius 1 is 1.19 bits per heavy atom. The van der Waals surface area contributed by atoms with E-state index in [1.54, 1.807) is 11.9 Å². The summed E-state index contributed by atoms with van der Waals surface area (Å²) in [6.45, 7) is 1.97. The lowest BCUT2D eigenvalue weighted by molar-refractivity contribution is -0.132. The Hall–Kier alpha value is -1.10. The molecule has 21 heavy (non-hydrogen) atoms. The maximum absolute atomic E-state index is 12.5. The number of hydrogen-bond acceptors (Lipinski definition) is 3. The van der Waals surface area contributed by atoms with Gasteiger partial charge in [-0.15, -0.1) is 0 Å². The van der Waals surface area contributed by atoms with Gasteiger partial charge < -0.3 is 11.1 Å². The van der Waals surface area contributed by atoms with E-state index in [4.69, 9.17) is 5.73 Å². The summed E-state index contributed by atoms with van der Waals surface area (Å²) in [5, 5.41) is 3.35. The minimum Gasteiger partial charge on any atom is -0.369 e. The Kier molecular flexibility index (Phi) is 3.72. The first kappa shape index (κ1) is 14.8. The van der Waals surface area contributed by atoms with Gasteiger partial charge in [0.25, 0.3) is 0 Å². The topological polar surface area (TPSA) is 75.4 Å². The van der Waals surface area contributed by atoms with E-state index < -0.39 is 5.91 Å². The van der Waals surface area contributed by atoms with Crippen LogP contribution in [0.4, 0.5) is 0 Å². The monoisotopic (exact) mass is 293 g/mol. The number of nitrogens with zero attached hydrogens (tertiary/aromatic N) is 1. The van der Waals surface area contributed by atoms with E-state index >= 15 is 0 Å². The molecule has 0 spiro atoms. The van der Waals surface area contributed by atoms with Crippen LogP contribution in [0.5, 0.6) is 0 Å². The third-order valence-electron chi connectivity index (χ3n) is 5.87. The first-order chi connectivity index (χ1) is 9.87. The van der Waals surface area contributed by atoms with Gasteiger partial charge in [-0.05, 0) is 70.3 Å². The molecule has 4 bridgehead atoms. The summed E-state index contributed by atoms with van der Waals surface area (Å²) in [7, 11) is 1.77. The van der Waals surface area contributed by atoms with E-state index in [1.807, 2.05) is 6.92 Å². The maximum Gasteiger partial charge on any atom is 0.237 e. The van der Waals surface area contributed by atoms with Gasteiger partial charge in [-0.1, -0.05) is 0 Å². The third kappa shape index (κ3) is 2.93. The van der Waals surface area contributed by atoms with Crippen molar-refractivity contribution in [2.75, 3.05) is 13.6 Å². The minimum atomic E-state index is -0.396. The highest BCUT2D eigenvalue weighted by molar-refractivity contribution is 5.83. The van der Waals surface area contributed by atoms with Crippen molar-refractivity contribution < 1.29 is 9.59 Å². The molecule has 0 radical (unpaired) electrons. The first-order valence-corrected chi connectivity index (χ1v) is 8.17. The Labute approximate surface area is 126 Å². The van der Waals surface area contributed by atoms with E-state index in [0.717, 1.165) is 37.0 Å². The van der Waals surface area contributed by atoms with Gasteiger partial charge in [0.2, 0.25) is 11.8 Å². The van der Waals surface area contributed by atoms with Crippen LogP contribution in [0.25, 0.3) is 0 Å². The van der Waals surface area contributed by atoms with Gasteiger partial charge in [0.1, 0.15) is 0 Å². The van der Waals surface area contributed by atoms with Crippen LogP contribution in [0.3, 0.4) is 0 Å². The van der Waals surface area contributed by atoms with Crippen LogP contribution >= 0.6 is 0 Å².